The molecule has 2 heterocycles. The van der Waals surface area contributed by atoms with Crippen LogP contribution in [0.15, 0.2) is 36.8 Å². The number of nitrogens with one attached hydrogen (secondary N) is 1. The molecule has 0 atom stereocenters. The minimum atomic E-state index is 0.700. The van der Waals surface area contributed by atoms with Gasteiger partial charge in [0.1, 0.15) is 6.33 Å². The summed E-state index contributed by atoms with van der Waals surface area (Å²) in [6, 6.07) is 8.28. The van der Waals surface area contributed by atoms with Crippen molar-refractivity contribution in [1.82, 2.24) is 20.2 Å². The number of nitrogens with zero attached hydrogens (tertiary/aromatic N) is 3. The smallest absolute Gasteiger partial charge is 0.184 e. The van der Waals surface area contributed by atoms with Gasteiger partial charge in [0.25, 0.3) is 0 Å². The van der Waals surface area contributed by atoms with E-state index in [0.717, 1.165) is 16.6 Å². The number of aromatic amines is 1. The fourth-order valence-corrected chi connectivity index (χ4v) is 1.70. The second kappa shape index (κ2) is 3.41. The molecule has 0 spiro atoms. The number of benzene rings is 1. The Kier molecular flexibility index (Phi) is 1.93. The van der Waals surface area contributed by atoms with Gasteiger partial charge < -0.3 is 0 Å². The van der Waals surface area contributed by atoms with Crippen molar-refractivity contribution in [3.8, 4) is 11.3 Å². The summed E-state index contributed by atoms with van der Waals surface area (Å²) < 4.78 is 0. The summed E-state index contributed by atoms with van der Waals surface area (Å²) in [4.78, 5) is 8.11. The lowest BCUT2D eigenvalue weighted by molar-refractivity contribution is 1.09. The topological polar surface area (TPSA) is 54.5 Å². The highest BCUT2D eigenvalue weighted by Gasteiger charge is 2.07. The Balaban J connectivity index is 2.22. The lowest BCUT2D eigenvalue weighted by Gasteiger charge is -1.98. The van der Waals surface area contributed by atoms with Crippen molar-refractivity contribution in [2.45, 2.75) is 6.92 Å². The van der Waals surface area contributed by atoms with E-state index in [1.165, 1.54) is 11.9 Å². The third kappa shape index (κ3) is 1.35. The first-order chi connectivity index (χ1) is 7.84. The van der Waals surface area contributed by atoms with E-state index in [-0.39, 0.29) is 0 Å². The van der Waals surface area contributed by atoms with Gasteiger partial charge in [0.05, 0.1) is 11.1 Å². The maximum atomic E-state index is 4.14. The number of H-pyrrole nitrogens is 1. The van der Waals surface area contributed by atoms with E-state index < -0.39 is 0 Å². The average molecular weight is 210 g/mol. The molecule has 2 aromatic heterocycles. The molecule has 4 nitrogen and oxygen atoms in total. The molecule has 78 valence electrons. The predicted molar refractivity (Wildman–Crippen MR) is 61.9 cm³/mol. The molecule has 0 aliphatic rings. The van der Waals surface area contributed by atoms with Crippen molar-refractivity contribution < 1.29 is 0 Å². The van der Waals surface area contributed by atoms with Gasteiger partial charge in [0, 0.05) is 11.8 Å². The van der Waals surface area contributed by atoms with Crippen LogP contribution >= 0.6 is 0 Å². The molecule has 0 unspecified atom stereocenters. The molecule has 0 bridgehead atoms. The highest BCUT2D eigenvalue weighted by atomic mass is 15.2. The van der Waals surface area contributed by atoms with E-state index in [1.807, 2.05) is 0 Å². The maximum Gasteiger partial charge on any atom is 0.184 e. The van der Waals surface area contributed by atoms with Crippen molar-refractivity contribution in [3.63, 3.8) is 0 Å². The van der Waals surface area contributed by atoms with Gasteiger partial charge in [-0.2, -0.15) is 5.10 Å². The number of aryl methyl sites for hydroxylation is 1. The quantitative estimate of drug-likeness (QED) is 0.670. The molecule has 0 radical (unpaired) electrons. The SMILES string of the molecule is Cc1ccc(-c2[nH]nc3ncncc23)cc1. The average Bonchev–Trinajstić information content (AvgIpc) is 2.74. The molecule has 1 aromatic carbocycles. The van der Waals surface area contributed by atoms with Crippen LogP contribution in [0.3, 0.4) is 0 Å². The molecule has 3 aromatic rings. The van der Waals surface area contributed by atoms with Crippen molar-refractivity contribution in [2.75, 3.05) is 0 Å². The zero-order valence-corrected chi connectivity index (χ0v) is 8.81. The van der Waals surface area contributed by atoms with E-state index in [9.17, 15) is 0 Å². The molecule has 0 saturated heterocycles. The summed E-state index contributed by atoms with van der Waals surface area (Å²) in [5.41, 5.74) is 4.01. The number of hydrogen-bond acceptors (Lipinski definition) is 3. The van der Waals surface area contributed by atoms with Gasteiger partial charge in [-0.05, 0) is 6.92 Å². The van der Waals surface area contributed by atoms with Crippen LogP contribution in [0.25, 0.3) is 22.3 Å². The summed E-state index contributed by atoms with van der Waals surface area (Å²) in [6.07, 6.45) is 3.28. The van der Waals surface area contributed by atoms with Crippen LogP contribution in [0.1, 0.15) is 5.56 Å². The van der Waals surface area contributed by atoms with Crippen LogP contribution in [0.4, 0.5) is 0 Å². The normalized spacial score (nSPS) is 10.8. The third-order valence-electron chi connectivity index (χ3n) is 2.57. The fourth-order valence-electron chi connectivity index (χ4n) is 1.70. The Hall–Kier alpha value is -2.23. The summed E-state index contributed by atoms with van der Waals surface area (Å²) in [6.45, 7) is 2.07. The van der Waals surface area contributed by atoms with Crippen LogP contribution in [-0.2, 0) is 0 Å². The van der Waals surface area contributed by atoms with Gasteiger partial charge in [-0.25, -0.2) is 9.97 Å². The molecule has 0 aliphatic heterocycles. The summed E-state index contributed by atoms with van der Waals surface area (Å²) in [5, 5.41) is 8.09. The van der Waals surface area contributed by atoms with E-state index in [4.69, 9.17) is 0 Å². The molecular formula is C12H10N4. The van der Waals surface area contributed by atoms with Crippen LogP contribution in [0.2, 0.25) is 0 Å². The maximum absolute atomic E-state index is 4.14. The number of aromatic nitrogens is 4. The zero-order valence-electron chi connectivity index (χ0n) is 8.81. The van der Waals surface area contributed by atoms with Gasteiger partial charge >= 0.3 is 0 Å². The Labute approximate surface area is 92.4 Å². The minimum absolute atomic E-state index is 0.700. The van der Waals surface area contributed by atoms with Gasteiger partial charge in [-0.15, -0.1) is 0 Å². The van der Waals surface area contributed by atoms with Crippen LogP contribution in [0, 0.1) is 6.92 Å². The Morgan fingerprint density at radius 2 is 1.94 bits per heavy atom. The second-order valence-corrected chi connectivity index (χ2v) is 3.72. The van der Waals surface area contributed by atoms with Gasteiger partial charge in [-0.3, -0.25) is 5.10 Å². The fraction of sp³-hybridized carbons (Fsp3) is 0.0833. The third-order valence-corrected chi connectivity index (χ3v) is 2.57. The monoisotopic (exact) mass is 210 g/mol. The van der Waals surface area contributed by atoms with E-state index in [0.29, 0.717) is 5.65 Å². The summed E-state index contributed by atoms with van der Waals surface area (Å²) >= 11 is 0. The van der Waals surface area contributed by atoms with Gasteiger partial charge in [0.2, 0.25) is 0 Å². The first-order valence-corrected chi connectivity index (χ1v) is 5.06. The first-order valence-electron chi connectivity index (χ1n) is 5.06. The molecular weight excluding hydrogens is 200 g/mol. The number of fused-ring (bicyclic) bond motifs is 1. The van der Waals surface area contributed by atoms with E-state index in [2.05, 4.69) is 51.4 Å². The lowest BCUT2D eigenvalue weighted by Crippen LogP contribution is -1.80. The standard InChI is InChI=1S/C12H10N4/c1-8-2-4-9(5-3-8)11-10-6-13-7-14-12(10)16-15-11/h2-7H,1H3,(H,13,14,15,16). The molecule has 4 heteroatoms. The van der Waals surface area contributed by atoms with Crippen LogP contribution < -0.4 is 0 Å². The molecule has 0 saturated carbocycles. The highest BCUT2D eigenvalue weighted by Crippen LogP contribution is 2.24. The molecule has 16 heavy (non-hydrogen) atoms. The van der Waals surface area contributed by atoms with Gasteiger partial charge in [0.15, 0.2) is 5.65 Å². The summed E-state index contributed by atoms with van der Waals surface area (Å²) in [7, 11) is 0. The first kappa shape index (κ1) is 9.03. The van der Waals surface area contributed by atoms with Gasteiger partial charge in [-0.1, -0.05) is 29.8 Å². The van der Waals surface area contributed by atoms with Crippen molar-refractivity contribution >= 4 is 11.0 Å². The zero-order chi connectivity index (χ0) is 11.0. The molecule has 0 aliphatic carbocycles. The van der Waals surface area contributed by atoms with Crippen LogP contribution in [-0.4, -0.2) is 20.2 Å². The molecule has 3 rings (SSSR count). The van der Waals surface area contributed by atoms with Crippen LogP contribution in [0.5, 0.6) is 0 Å². The Morgan fingerprint density at radius 1 is 1.12 bits per heavy atom. The highest BCUT2D eigenvalue weighted by molar-refractivity contribution is 5.89. The summed E-state index contributed by atoms with van der Waals surface area (Å²) in [5.74, 6) is 0. The molecule has 0 amide bonds. The lowest BCUT2D eigenvalue weighted by atomic mass is 10.1. The molecule has 0 fully saturated rings. The van der Waals surface area contributed by atoms with E-state index in [1.54, 1.807) is 6.20 Å². The number of hydrogen-bond donors (Lipinski definition) is 1. The van der Waals surface area contributed by atoms with Crippen molar-refractivity contribution in [1.29, 1.82) is 0 Å². The molecule has 1 N–H and O–H groups in total. The number of rotatable bonds is 1. The predicted octanol–water partition coefficient (Wildman–Crippen LogP) is 2.33. The largest absolute Gasteiger partial charge is 0.275 e. The Morgan fingerprint density at radius 3 is 2.75 bits per heavy atom. The second-order valence-electron chi connectivity index (χ2n) is 3.72. The minimum Gasteiger partial charge on any atom is -0.275 e. The van der Waals surface area contributed by atoms with Crippen molar-refractivity contribution in [3.05, 3.63) is 42.4 Å². The van der Waals surface area contributed by atoms with E-state index >= 15 is 0 Å². The Bertz CT molecular complexity index is 625. The van der Waals surface area contributed by atoms with Crippen molar-refractivity contribution in [2.24, 2.45) is 0 Å².